The molecule has 0 N–H and O–H groups in total. The molecule has 1 amide bonds. The summed E-state index contributed by atoms with van der Waals surface area (Å²) in [5.41, 5.74) is 3.91. The van der Waals surface area contributed by atoms with Crippen molar-refractivity contribution in [2.45, 2.75) is 6.42 Å². The van der Waals surface area contributed by atoms with Crippen LogP contribution in [0.2, 0.25) is 0 Å². The van der Waals surface area contributed by atoms with Gasteiger partial charge in [0.15, 0.2) is 0 Å². The Bertz CT molecular complexity index is 1010. The number of hydrogen-bond donors (Lipinski definition) is 0. The highest BCUT2D eigenvalue weighted by atomic mass is 16.2. The minimum Gasteiger partial charge on any atom is -0.368 e. The fourth-order valence-electron chi connectivity index (χ4n) is 4.16. The standard InChI is InChI=1S/C23H23N5O/c29-23(28-11-10-18-6-4-5-9-21(18)28)20-16-22(25-17-24-20)27-14-12-26(13-15-27)19-7-2-1-3-8-19/h1-9,16-17H,10-15H2. The summed E-state index contributed by atoms with van der Waals surface area (Å²) in [6, 6.07) is 20.4. The van der Waals surface area contributed by atoms with E-state index in [0.29, 0.717) is 12.2 Å². The molecular weight excluding hydrogens is 362 g/mol. The largest absolute Gasteiger partial charge is 0.368 e. The molecule has 0 saturated carbocycles. The first-order chi connectivity index (χ1) is 14.3. The Morgan fingerprint density at radius 3 is 2.34 bits per heavy atom. The highest BCUT2D eigenvalue weighted by Crippen LogP contribution is 2.29. The molecule has 146 valence electrons. The van der Waals surface area contributed by atoms with Crippen LogP contribution in [0.1, 0.15) is 16.1 Å². The zero-order chi connectivity index (χ0) is 19.6. The number of carbonyl (C=O) groups excluding carboxylic acids is 1. The summed E-state index contributed by atoms with van der Waals surface area (Å²) in [5.74, 6) is 0.769. The second-order valence-corrected chi connectivity index (χ2v) is 7.41. The first-order valence-corrected chi connectivity index (χ1v) is 10.1. The number of piperazine rings is 1. The van der Waals surface area contributed by atoms with Gasteiger partial charge < -0.3 is 14.7 Å². The SMILES string of the molecule is O=C(c1cc(N2CCN(c3ccccc3)CC2)ncn1)N1CCc2ccccc21. The van der Waals surface area contributed by atoms with E-state index in [9.17, 15) is 4.79 Å². The van der Waals surface area contributed by atoms with E-state index in [2.05, 4.69) is 50.1 Å². The Morgan fingerprint density at radius 1 is 0.793 bits per heavy atom. The first kappa shape index (κ1) is 17.7. The number of fused-ring (bicyclic) bond motifs is 1. The number of para-hydroxylation sites is 2. The second kappa shape index (κ2) is 7.54. The van der Waals surface area contributed by atoms with Crippen LogP contribution in [-0.2, 0) is 6.42 Å². The molecule has 6 heteroatoms. The molecule has 0 spiro atoms. The molecule has 1 aromatic heterocycles. The lowest BCUT2D eigenvalue weighted by Gasteiger charge is -2.36. The molecule has 1 saturated heterocycles. The summed E-state index contributed by atoms with van der Waals surface area (Å²) in [7, 11) is 0. The molecule has 3 aromatic rings. The normalized spacial score (nSPS) is 16.1. The number of hydrogen-bond acceptors (Lipinski definition) is 5. The molecule has 5 rings (SSSR count). The summed E-state index contributed by atoms with van der Waals surface area (Å²) >= 11 is 0. The Morgan fingerprint density at radius 2 is 1.52 bits per heavy atom. The Balaban J connectivity index is 1.30. The van der Waals surface area contributed by atoms with Crippen molar-refractivity contribution in [3.8, 4) is 0 Å². The van der Waals surface area contributed by atoms with Crippen molar-refractivity contribution < 1.29 is 4.79 Å². The van der Waals surface area contributed by atoms with E-state index in [1.807, 2.05) is 35.2 Å². The lowest BCUT2D eigenvalue weighted by Crippen LogP contribution is -2.47. The van der Waals surface area contributed by atoms with Crippen molar-refractivity contribution in [1.29, 1.82) is 0 Å². The highest BCUT2D eigenvalue weighted by Gasteiger charge is 2.27. The molecule has 2 aliphatic heterocycles. The maximum Gasteiger partial charge on any atom is 0.277 e. The minimum atomic E-state index is -0.0541. The third-order valence-corrected chi connectivity index (χ3v) is 5.73. The molecule has 0 unspecified atom stereocenters. The average molecular weight is 385 g/mol. The van der Waals surface area contributed by atoms with Crippen molar-refractivity contribution >= 4 is 23.1 Å². The van der Waals surface area contributed by atoms with Crippen molar-refractivity contribution in [1.82, 2.24) is 9.97 Å². The quantitative estimate of drug-likeness (QED) is 0.694. The summed E-state index contributed by atoms with van der Waals surface area (Å²) in [6.45, 7) is 4.29. The van der Waals surface area contributed by atoms with Crippen molar-refractivity contribution in [2.24, 2.45) is 0 Å². The van der Waals surface area contributed by atoms with Gasteiger partial charge in [-0.1, -0.05) is 36.4 Å². The van der Waals surface area contributed by atoms with E-state index >= 15 is 0 Å². The molecule has 29 heavy (non-hydrogen) atoms. The fourth-order valence-corrected chi connectivity index (χ4v) is 4.16. The fraction of sp³-hybridized carbons (Fsp3) is 0.261. The molecule has 0 aliphatic carbocycles. The maximum absolute atomic E-state index is 13.1. The number of nitrogens with zero attached hydrogens (tertiary/aromatic N) is 5. The zero-order valence-corrected chi connectivity index (χ0v) is 16.2. The van der Waals surface area contributed by atoms with Crippen LogP contribution in [0.15, 0.2) is 67.0 Å². The summed E-state index contributed by atoms with van der Waals surface area (Å²) in [6.07, 6.45) is 2.40. The molecule has 0 radical (unpaired) electrons. The van der Waals surface area contributed by atoms with Crippen molar-refractivity contribution in [3.63, 3.8) is 0 Å². The van der Waals surface area contributed by atoms with E-state index in [-0.39, 0.29) is 5.91 Å². The van der Waals surface area contributed by atoms with Crippen LogP contribution >= 0.6 is 0 Å². The number of benzene rings is 2. The number of rotatable bonds is 3. The Hall–Kier alpha value is -3.41. The number of amides is 1. The molecule has 2 aromatic carbocycles. The minimum absolute atomic E-state index is 0.0541. The number of anilines is 3. The number of aromatic nitrogens is 2. The predicted octanol–water partition coefficient (Wildman–Crippen LogP) is 3.01. The Labute approximate surface area is 170 Å². The van der Waals surface area contributed by atoms with Gasteiger partial charge in [0.25, 0.3) is 5.91 Å². The van der Waals surface area contributed by atoms with E-state index in [1.165, 1.54) is 17.6 Å². The monoisotopic (exact) mass is 385 g/mol. The highest BCUT2D eigenvalue weighted by molar-refractivity contribution is 6.06. The van der Waals surface area contributed by atoms with Crippen LogP contribution in [0.4, 0.5) is 17.2 Å². The van der Waals surface area contributed by atoms with Crippen molar-refractivity contribution in [3.05, 3.63) is 78.2 Å². The summed E-state index contributed by atoms with van der Waals surface area (Å²) in [5, 5.41) is 0. The van der Waals surface area contributed by atoms with Gasteiger partial charge in [-0.25, -0.2) is 9.97 Å². The van der Waals surface area contributed by atoms with Gasteiger partial charge in [0.1, 0.15) is 17.8 Å². The van der Waals surface area contributed by atoms with Crippen LogP contribution in [0.5, 0.6) is 0 Å². The zero-order valence-electron chi connectivity index (χ0n) is 16.2. The van der Waals surface area contributed by atoms with Crippen LogP contribution in [0, 0.1) is 0 Å². The van der Waals surface area contributed by atoms with E-state index in [0.717, 1.165) is 44.1 Å². The van der Waals surface area contributed by atoms with Crippen molar-refractivity contribution in [2.75, 3.05) is 47.4 Å². The lowest BCUT2D eigenvalue weighted by molar-refractivity contribution is 0.0984. The summed E-state index contributed by atoms with van der Waals surface area (Å²) < 4.78 is 0. The van der Waals surface area contributed by atoms with Gasteiger partial charge in [-0.2, -0.15) is 0 Å². The molecule has 3 heterocycles. The van der Waals surface area contributed by atoms with Crippen LogP contribution in [0.3, 0.4) is 0 Å². The topological polar surface area (TPSA) is 52.6 Å². The van der Waals surface area contributed by atoms with Crippen LogP contribution in [-0.4, -0.2) is 48.6 Å². The molecule has 1 fully saturated rings. The summed E-state index contributed by atoms with van der Waals surface area (Å²) in [4.78, 5) is 28.2. The van der Waals surface area contributed by atoms with Gasteiger partial charge in [0, 0.05) is 50.2 Å². The van der Waals surface area contributed by atoms with E-state index in [1.54, 1.807) is 0 Å². The third-order valence-electron chi connectivity index (χ3n) is 5.73. The molecule has 0 atom stereocenters. The smallest absolute Gasteiger partial charge is 0.277 e. The molecule has 0 bridgehead atoms. The van der Waals surface area contributed by atoms with E-state index < -0.39 is 0 Å². The van der Waals surface area contributed by atoms with Crippen LogP contribution in [0.25, 0.3) is 0 Å². The second-order valence-electron chi connectivity index (χ2n) is 7.41. The lowest BCUT2D eigenvalue weighted by atomic mass is 10.2. The number of carbonyl (C=O) groups is 1. The van der Waals surface area contributed by atoms with Gasteiger partial charge in [0.05, 0.1) is 0 Å². The van der Waals surface area contributed by atoms with Gasteiger partial charge in [-0.15, -0.1) is 0 Å². The molecule has 6 nitrogen and oxygen atoms in total. The first-order valence-electron chi connectivity index (χ1n) is 10.1. The third kappa shape index (κ3) is 3.42. The van der Waals surface area contributed by atoms with Gasteiger partial charge in [0.2, 0.25) is 0 Å². The van der Waals surface area contributed by atoms with Gasteiger partial charge >= 0.3 is 0 Å². The predicted molar refractivity (Wildman–Crippen MR) is 115 cm³/mol. The maximum atomic E-state index is 13.1. The van der Waals surface area contributed by atoms with Gasteiger partial charge in [-0.05, 0) is 30.2 Å². The Kier molecular flexibility index (Phi) is 4.60. The van der Waals surface area contributed by atoms with E-state index in [4.69, 9.17) is 0 Å². The van der Waals surface area contributed by atoms with Gasteiger partial charge in [-0.3, -0.25) is 4.79 Å². The molecular formula is C23H23N5O. The molecule has 2 aliphatic rings. The average Bonchev–Trinajstić information content (AvgIpc) is 3.24. The van der Waals surface area contributed by atoms with Crippen LogP contribution < -0.4 is 14.7 Å².